The van der Waals surface area contributed by atoms with Gasteiger partial charge in [0.25, 0.3) is 0 Å². The molecule has 0 atom stereocenters. The van der Waals surface area contributed by atoms with E-state index in [2.05, 4.69) is 0 Å². The first-order chi connectivity index (χ1) is 7.67. The zero-order chi connectivity index (χ0) is 11.7. The van der Waals surface area contributed by atoms with Crippen LogP contribution in [0.2, 0.25) is 0 Å². The van der Waals surface area contributed by atoms with Crippen molar-refractivity contribution in [2.24, 2.45) is 5.73 Å². The van der Waals surface area contributed by atoms with Crippen molar-refractivity contribution < 1.29 is 13.2 Å². The van der Waals surface area contributed by atoms with E-state index in [1.54, 1.807) is 0 Å². The minimum Gasteiger partial charge on any atom is -0.459 e. The molecule has 1 aromatic heterocycles. The van der Waals surface area contributed by atoms with Gasteiger partial charge in [0.1, 0.15) is 23.0 Å². The lowest BCUT2D eigenvalue weighted by Gasteiger charge is -1.99. The van der Waals surface area contributed by atoms with E-state index in [4.69, 9.17) is 10.2 Å². The van der Waals surface area contributed by atoms with Crippen molar-refractivity contribution in [1.29, 1.82) is 0 Å². The summed E-state index contributed by atoms with van der Waals surface area (Å²) in [4.78, 5) is 0. The highest BCUT2D eigenvalue weighted by molar-refractivity contribution is 5.83. The van der Waals surface area contributed by atoms with Crippen LogP contribution in [0.1, 0.15) is 24.7 Å². The molecule has 0 fully saturated rings. The van der Waals surface area contributed by atoms with Crippen LogP contribution in [0.25, 0.3) is 11.0 Å². The zero-order valence-electron chi connectivity index (χ0n) is 9.02. The minimum absolute atomic E-state index is 0.199. The van der Waals surface area contributed by atoms with Gasteiger partial charge in [-0.3, -0.25) is 0 Å². The molecule has 2 nitrogen and oxygen atoms in total. The molecule has 2 aromatic rings. The van der Waals surface area contributed by atoms with Crippen LogP contribution in [0, 0.1) is 11.6 Å². The van der Waals surface area contributed by atoms with Crippen LogP contribution >= 0.6 is 0 Å². The highest BCUT2D eigenvalue weighted by Gasteiger charge is 2.17. The standard InChI is InChI=1S/C12H13F2NO/c1-2-3-8-11(6-15)16-10-5-7(13)4-9(14)12(8)10/h4-5H,2-3,6,15H2,1H3. The van der Waals surface area contributed by atoms with E-state index in [-0.39, 0.29) is 12.1 Å². The maximum Gasteiger partial charge on any atom is 0.140 e. The molecule has 4 heteroatoms. The van der Waals surface area contributed by atoms with Crippen molar-refractivity contribution in [1.82, 2.24) is 0 Å². The highest BCUT2D eigenvalue weighted by atomic mass is 19.1. The Morgan fingerprint density at radius 3 is 2.69 bits per heavy atom. The summed E-state index contributed by atoms with van der Waals surface area (Å²) in [7, 11) is 0. The van der Waals surface area contributed by atoms with Gasteiger partial charge in [-0.15, -0.1) is 0 Å². The van der Waals surface area contributed by atoms with E-state index >= 15 is 0 Å². The lowest BCUT2D eigenvalue weighted by atomic mass is 10.1. The monoisotopic (exact) mass is 225 g/mol. The fraction of sp³-hybridized carbons (Fsp3) is 0.333. The number of furan rings is 1. The van der Waals surface area contributed by atoms with Gasteiger partial charge in [-0.05, 0) is 6.42 Å². The molecule has 0 saturated carbocycles. The van der Waals surface area contributed by atoms with E-state index < -0.39 is 11.6 Å². The summed E-state index contributed by atoms with van der Waals surface area (Å²) < 4.78 is 32.0. The summed E-state index contributed by atoms with van der Waals surface area (Å²) in [5.74, 6) is -0.673. The SMILES string of the molecule is CCCc1c(CN)oc2cc(F)cc(F)c12. The maximum atomic E-state index is 13.6. The molecular formula is C12H13F2NO. The van der Waals surface area contributed by atoms with Crippen molar-refractivity contribution in [3.8, 4) is 0 Å². The number of halogens is 2. The molecule has 0 bridgehead atoms. The molecule has 0 spiro atoms. The Kier molecular flexibility index (Phi) is 2.92. The van der Waals surface area contributed by atoms with Crippen LogP contribution in [0.15, 0.2) is 16.5 Å². The van der Waals surface area contributed by atoms with Crippen LogP contribution in [0.5, 0.6) is 0 Å². The van der Waals surface area contributed by atoms with Gasteiger partial charge >= 0.3 is 0 Å². The third-order valence-electron chi connectivity index (χ3n) is 2.58. The van der Waals surface area contributed by atoms with Gasteiger partial charge in [0.05, 0.1) is 11.9 Å². The molecular weight excluding hydrogens is 212 g/mol. The number of benzene rings is 1. The predicted molar refractivity (Wildman–Crippen MR) is 58.0 cm³/mol. The molecule has 1 aromatic carbocycles. The van der Waals surface area contributed by atoms with Crippen molar-refractivity contribution in [2.75, 3.05) is 0 Å². The summed E-state index contributed by atoms with van der Waals surface area (Å²) >= 11 is 0. The van der Waals surface area contributed by atoms with Crippen molar-refractivity contribution in [2.45, 2.75) is 26.3 Å². The quantitative estimate of drug-likeness (QED) is 0.871. The van der Waals surface area contributed by atoms with Gasteiger partial charge in [0.15, 0.2) is 0 Å². The largest absolute Gasteiger partial charge is 0.459 e. The molecule has 0 saturated heterocycles. The normalized spacial score (nSPS) is 11.2. The van der Waals surface area contributed by atoms with Crippen LogP contribution in [0.3, 0.4) is 0 Å². The molecule has 1 heterocycles. The second kappa shape index (κ2) is 4.22. The van der Waals surface area contributed by atoms with Gasteiger partial charge < -0.3 is 10.2 Å². The first-order valence-corrected chi connectivity index (χ1v) is 5.26. The molecule has 2 N–H and O–H groups in total. The molecule has 86 valence electrons. The van der Waals surface area contributed by atoms with Crippen LogP contribution in [-0.2, 0) is 13.0 Å². The van der Waals surface area contributed by atoms with Gasteiger partial charge in [0, 0.05) is 17.7 Å². The van der Waals surface area contributed by atoms with E-state index in [1.165, 1.54) is 6.07 Å². The lowest BCUT2D eigenvalue weighted by Crippen LogP contribution is -1.98. The predicted octanol–water partition coefficient (Wildman–Crippen LogP) is 3.12. The molecule has 0 radical (unpaired) electrons. The molecule has 0 aliphatic carbocycles. The number of rotatable bonds is 3. The van der Waals surface area contributed by atoms with E-state index in [1.807, 2.05) is 6.92 Å². The zero-order valence-corrected chi connectivity index (χ0v) is 9.02. The number of hydrogen-bond acceptors (Lipinski definition) is 2. The third kappa shape index (κ3) is 1.69. The Morgan fingerprint density at radius 2 is 2.06 bits per heavy atom. The average Bonchev–Trinajstić information content (AvgIpc) is 2.57. The fourth-order valence-electron chi connectivity index (χ4n) is 1.94. The smallest absolute Gasteiger partial charge is 0.140 e. The maximum absolute atomic E-state index is 13.6. The number of fused-ring (bicyclic) bond motifs is 1. The lowest BCUT2D eigenvalue weighted by molar-refractivity contribution is 0.538. The summed E-state index contributed by atoms with van der Waals surface area (Å²) in [6.45, 7) is 2.19. The second-order valence-electron chi connectivity index (χ2n) is 3.72. The average molecular weight is 225 g/mol. The Labute approximate surface area is 92.0 Å². The van der Waals surface area contributed by atoms with E-state index in [0.717, 1.165) is 18.1 Å². The van der Waals surface area contributed by atoms with Crippen molar-refractivity contribution in [3.05, 3.63) is 35.1 Å². The summed E-state index contributed by atoms with van der Waals surface area (Å²) in [6.07, 6.45) is 1.54. The van der Waals surface area contributed by atoms with Gasteiger partial charge in [-0.1, -0.05) is 13.3 Å². The van der Waals surface area contributed by atoms with Crippen LogP contribution in [0.4, 0.5) is 8.78 Å². The number of aryl methyl sites for hydroxylation is 1. The summed E-state index contributed by atoms with van der Waals surface area (Å²) in [5, 5.41) is 0.365. The Morgan fingerprint density at radius 1 is 1.31 bits per heavy atom. The Balaban J connectivity index is 2.73. The molecule has 0 aliphatic heterocycles. The molecule has 0 amide bonds. The minimum atomic E-state index is -0.634. The van der Waals surface area contributed by atoms with Gasteiger partial charge in [0.2, 0.25) is 0 Å². The first kappa shape index (κ1) is 11.1. The highest BCUT2D eigenvalue weighted by Crippen LogP contribution is 2.30. The summed E-state index contributed by atoms with van der Waals surface area (Å²) in [5.41, 5.74) is 6.52. The fourth-order valence-corrected chi connectivity index (χ4v) is 1.94. The Hall–Kier alpha value is -1.42. The number of hydrogen-bond donors (Lipinski definition) is 1. The third-order valence-corrected chi connectivity index (χ3v) is 2.58. The van der Waals surface area contributed by atoms with Crippen molar-refractivity contribution >= 4 is 11.0 Å². The molecule has 16 heavy (non-hydrogen) atoms. The van der Waals surface area contributed by atoms with Crippen LogP contribution < -0.4 is 5.73 Å². The first-order valence-electron chi connectivity index (χ1n) is 5.26. The molecule has 0 unspecified atom stereocenters. The van der Waals surface area contributed by atoms with Crippen molar-refractivity contribution in [3.63, 3.8) is 0 Å². The van der Waals surface area contributed by atoms with Gasteiger partial charge in [-0.2, -0.15) is 0 Å². The van der Waals surface area contributed by atoms with E-state index in [0.29, 0.717) is 17.6 Å². The van der Waals surface area contributed by atoms with Gasteiger partial charge in [-0.25, -0.2) is 8.78 Å². The summed E-state index contributed by atoms with van der Waals surface area (Å²) in [6, 6.07) is 2.06. The van der Waals surface area contributed by atoms with Crippen LogP contribution in [-0.4, -0.2) is 0 Å². The molecule has 2 rings (SSSR count). The Bertz CT molecular complexity index is 519. The second-order valence-corrected chi connectivity index (χ2v) is 3.72. The number of nitrogens with two attached hydrogens (primary N) is 1. The van der Waals surface area contributed by atoms with E-state index in [9.17, 15) is 8.78 Å². The molecule has 0 aliphatic rings. The topological polar surface area (TPSA) is 39.2 Å².